The molecule has 0 aliphatic rings. The van der Waals surface area contributed by atoms with E-state index in [1.165, 1.54) is 11.1 Å². The molecule has 114 valence electrons. The number of rotatable bonds is 3. The predicted octanol–water partition coefficient (Wildman–Crippen LogP) is 4.95. The second-order valence-corrected chi connectivity index (χ2v) is 8.13. The van der Waals surface area contributed by atoms with Gasteiger partial charge < -0.3 is 0 Å². The molecule has 0 bridgehead atoms. The average molecular weight is 390 g/mol. The van der Waals surface area contributed by atoms with Crippen LogP contribution in [-0.4, -0.2) is 8.42 Å². The normalized spacial score (nSPS) is 10.7. The number of hydrogen-bond acceptors (Lipinski definition) is 2. The van der Waals surface area contributed by atoms with Gasteiger partial charge in [0.2, 0.25) is 9.05 Å². The summed E-state index contributed by atoms with van der Waals surface area (Å²) in [5.74, 6) is -0.102. The number of hydrogen-bond donors (Lipinski definition) is 0. The zero-order valence-electron chi connectivity index (χ0n) is 12.0. The Bertz CT molecular complexity index is 650. The molecule has 0 fully saturated rings. The molecule has 0 unspecified atom stereocenters. The van der Waals surface area contributed by atoms with Gasteiger partial charge in [0, 0.05) is 16.0 Å². The Morgan fingerprint density at radius 2 is 1.24 bits per heavy atom. The first-order chi connectivity index (χ1) is 9.80. The van der Waals surface area contributed by atoms with Gasteiger partial charge in [-0.15, -0.1) is 0 Å². The van der Waals surface area contributed by atoms with Crippen LogP contribution in [0.2, 0.25) is 0 Å². The van der Waals surface area contributed by atoms with Crippen LogP contribution in [-0.2, 0) is 20.1 Å². The van der Waals surface area contributed by atoms with E-state index in [-0.39, 0.29) is 5.75 Å². The maximum absolute atomic E-state index is 10.7. The van der Waals surface area contributed by atoms with Crippen LogP contribution >= 0.6 is 26.6 Å². The molecule has 0 aliphatic carbocycles. The Morgan fingerprint density at radius 1 is 0.857 bits per heavy atom. The van der Waals surface area contributed by atoms with E-state index in [2.05, 4.69) is 47.1 Å². The minimum Gasteiger partial charge on any atom is -0.212 e. The summed E-state index contributed by atoms with van der Waals surface area (Å²) in [6.45, 7) is 4.04. The van der Waals surface area contributed by atoms with Crippen molar-refractivity contribution in [2.24, 2.45) is 0 Å². The summed E-state index contributed by atoms with van der Waals surface area (Å²) in [5, 5.41) is 0.952. The number of halogens is 2. The molecule has 0 N–H and O–H groups in total. The fourth-order valence-corrected chi connectivity index (χ4v) is 2.90. The molecule has 21 heavy (non-hydrogen) atoms. The largest absolute Gasteiger partial charge is 0.236 e. The third kappa shape index (κ3) is 8.24. The smallest absolute Gasteiger partial charge is 0.212 e. The Labute approximate surface area is 139 Å². The maximum Gasteiger partial charge on any atom is 0.236 e. The zero-order valence-corrected chi connectivity index (χ0v) is 15.2. The van der Waals surface area contributed by atoms with E-state index in [9.17, 15) is 8.42 Å². The van der Waals surface area contributed by atoms with Crippen molar-refractivity contribution in [3.63, 3.8) is 0 Å². The van der Waals surface area contributed by atoms with Crippen LogP contribution in [0.1, 0.15) is 22.3 Å². The second-order valence-electron chi connectivity index (χ2n) is 4.79. The third-order valence-electron chi connectivity index (χ3n) is 2.73. The summed E-state index contributed by atoms with van der Waals surface area (Å²) < 4.78 is 21.3. The molecule has 0 amide bonds. The first-order valence-electron chi connectivity index (χ1n) is 6.39. The third-order valence-corrected chi connectivity index (χ3v) is 4.39. The number of aryl methyl sites for hydroxylation is 2. The predicted molar refractivity (Wildman–Crippen MR) is 93.5 cm³/mol. The SMILES string of the molecule is Cc1ccc(CBr)cc1.Cc1ccc(CS(=O)(=O)Cl)cc1. The molecule has 0 saturated heterocycles. The lowest BCUT2D eigenvalue weighted by molar-refractivity contribution is 0.609. The summed E-state index contributed by atoms with van der Waals surface area (Å²) in [7, 11) is 1.66. The van der Waals surface area contributed by atoms with Crippen LogP contribution < -0.4 is 0 Å². The minimum absolute atomic E-state index is 0.102. The van der Waals surface area contributed by atoms with Crippen LogP contribution in [0, 0.1) is 13.8 Å². The lowest BCUT2D eigenvalue weighted by atomic mass is 10.2. The van der Waals surface area contributed by atoms with Crippen molar-refractivity contribution in [2.45, 2.75) is 24.9 Å². The quantitative estimate of drug-likeness (QED) is 0.549. The van der Waals surface area contributed by atoms with Gasteiger partial charge in [-0.3, -0.25) is 0 Å². The molecular formula is C16H18BrClO2S. The van der Waals surface area contributed by atoms with Gasteiger partial charge >= 0.3 is 0 Å². The van der Waals surface area contributed by atoms with Crippen LogP contribution in [0.5, 0.6) is 0 Å². The Kier molecular flexibility index (Phi) is 7.43. The molecule has 5 heteroatoms. The van der Waals surface area contributed by atoms with Crippen LogP contribution in [0.3, 0.4) is 0 Å². The van der Waals surface area contributed by atoms with Crippen molar-refractivity contribution in [3.8, 4) is 0 Å². The summed E-state index contributed by atoms with van der Waals surface area (Å²) in [6.07, 6.45) is 0. The first kappa shape index (κ1) is 18.2. The van der Waals surface area contributed by atoms with Gasteiger partial charge in [-0.2, -0.15) is 0 Å². The lowest BCUT2D eigenvalue weighted by Gasteiger charge is -1.97. The minimum atomic E-state index is -3.42. The Morgan fingerprint density at radius 3 is 1.57 bits per heavy atom. The lowest BCUT2D eigenvalue weighted by Crippen LogP contribution is -1.94. The molecule has 0 aliphatic heterocycles. The fourth-order valence-electron chi connectivity index (χ4n) is 1.56. The number of benzene rings is 2. The molecule has 2 rings (SSSR count). The van der Waals surface area contributed by atoms with Gasteiger partial charge in [0.15, 0.2) is 0 Å². The fraction of sp³-hybridized carbons (Fsp3) is 0.250. The Hall–Kier alpha value is -0.840. The highest BCUT2D eigenvalue weighted by Crippen LogP contribution is 2.10. The topological polar surface area (TPSA) is 34.1 Å². The molecule has 2 aromatic carbocycles. The summed E-state index contributed by atoms with van der Waals surface area (Å²) in [4.78, 5) is 0. The molecule has 2 aromatic rings. The monoisotopic (exact) mass is 388 g/mol. The second kappa shape index (κ2) is 8.57. The molecule has 0 radical (unpaired) electrons. The van der Waals surface area contributed by atoms with Gasteiger partial charge in [-0.1, -0.05) is 75.6 Å². The first-order valence-corrected chi connectivity index (χ1v) is 9.99. The van der Waals surface area contributed by atoms with Crippen molar-refractivity contribution < 1.29 is 8.42 Å². The van der Waals surface area contributed by atoms with Gasteiger partial charge in [0.05, 0.1) is 5.75 Å². The number of alkyl halides is 1. The molecule has 2 nitrogen and oxygen atoms in total. The van der Waals surface area contributed by atoms with E-state index >= 15 is 0 Å². The molecule has 0 aromatic heterocycles. The van der Waals surface area contributed by atoms with E-state index in [0.29, 0.717) is 0 Å². The van der Waals surface area contributed by atoms with Gasteiger partial charge in [-0.25, -0.2) is 8.42 Å². The van der Waals surface area contributed by atoms with Crippen molar-refractivity contribution in [1.29, 1.82) is 0 Å². The molecule has 0 heterocycles. The maximum atomic E-state index is 10.7. The Balaban J connectivity index is 0.000000219. The van der Waals surface area contributed by atoms with Crippen molar-refractivity contribution in [3.05, 3.63) is 70.8 Å². The van der Waals surface area contributed by atoms with Gasteiger partial charge in [0.1, 0.15) is 0 Å². The molecule has 0 saturated carbocycles. The summed E-state index contributed by atoms with van der Waals surface area (Å²) >= 11 is 3.38. The summed E-state index contributed by atoms with van der Waals surface area (Å²) in [6, 6.07) is 15.7. The molecule has 0 spiro atoms. The van der Waals surface area contributed by atoms with E-state index in [1.807, 2.05) is 19.1 Å². The molecule has 0 atom stereocenters. The molecular weight excluding hydrogens is 372 g/mol. The average Bonchev–Trinajstić information content (AvgIpc) is 2.42. The van der Waals surface area contributed by atoms with E-state index in [1.54, 1.807) is 12.1 Å². The highest BCUT2D eigenvalue weighted by Gasteiger charge is 2.05. The van der Waals surface area contributed by atoms with E-state index in [4.69, 9.17) is 10.7 Å². The highest BCUT2D eigenvalue weighted by molar-refractivity contribution is 9.08. The van der Waals surface area contributed by atoms with Crippen LogP contribution in [0.25, 0.3) is 0 Å². The standard InChI is InChI=1S/C8H9Br.C8H9ClO2S/c1-7-2-4-8(6-9)5-3-7;1-7-2-4-8(5-3-7)6-12(9,10)11/h2-5H,6H2,1H3;2-5H,6H2,1H3. The van der Waals surface area contributed by atoms with Crippen LogP contribution in [0.15, 0.2) is 48.5 Å². The van der Waals surface area contributed by atoms with Crippen molar-refractivity contribution in [2.75, 3.05) is 0 Å². The highest BCUT2D eigenvalue weighted by atomic mass is 79.9. The van der Waals surface area contributed by atoms with Crippen molar-refractivity contribution >= 4 is 35.7 Å². The van der Waals surface area contributed by atoms with E-state index < -0.39 is 9.05 Å². The zero-order chi connectivity index (χ0) is 15.9. The van der Waals surface area contributed by atoms with Gasteiger partial charge in [-0.05, 0) is 25.0 Å². The van der Waals surface area contributed by atoms with Crippen LogP contribution in [0.4, 0.5) is 0 Å². The van der Waals surface area contributed by atoms with E-state index in [0.717, 1.165) is 16.5 Å². The van der Waals surface area contributed by atoms with Gasteiger partial charge in [0.25, 0.3) is 0 Å². The van der Waals surface area contributed by atoms with Crippen molar-refractivity contribution in [1.82, 2.24) is 0 Å². The summed E-state index contributed by atoms with van der Waals surface area (Å²) in [5.41, 5.74) is 4.47.